The summed E-state index contributed by atoms with van der Waals surface area (Å²) in [6.45, 7) is 14.8. The van der Waals surface area contributed by atoms with Crippen molar-refractivity contribution in [1.82, 2.24) is 10.6 Å². The Kier molecular flexibility index (Phi) is 10.4. The van der Waals surface area contributed by atoms with Crippen LogP contribution in [-0.4, -0.2) is 49.7 Å². The minimum Gasteiger partial charge on any atom is -0.493 e. The van der Waals surface area contributed by atoms with E-state index in [1.807, 2.05) is 66.7 Å². The summed E-state index contributed by atoms with van der Waals surface area (Å²) in [5, 5.41) is 5.41. The fraction of sp³-hybridized carbons (Fsp3) is 0.652. The summed E-state index contributed by atoms with van der Waals surface area (Å²) in [7, 11) is 0. The van der Waals surface area contributed by atoms with Crippen LogP contribution >= 0.6 is 0 Å². The molecule has 0 fully saturated rings. The second-order valence-electron chi connectivity index (χ2n) is 9.24. The molecule has 0 unspecified atom stereocenters. The van der Waals surface area contributed by atoms with E-state index in [-0.39, 0.29) is 0 Å². The average molecular weight is 439 g/mol. The van der Waals surface area contributed by atoms with Crippen LogP contribution in [-0.2, 0) is 9.47 Å². The zero-order chi connectivity index (χ0) is 23.5. The Morgan fingerprint density at radius 3 is 1.48 bits per heavy atom. The number of hydrogen-bond acceptors (Lipinski definition) is 6. The molecule has 0 spiro atoms. The number of hydrogen-bond donors (Lipinski definition) is 2. The van der Waals surface area contributed by atoms with Gasteiger partial charge in [-0.1, -0.05) is 0 Å². The first kappa shape index (κ1) is 26.4. The topological polar surface area (TPSA) is 95.1 Å². The molecule has 1 rings (SSSR count). The zero-order valence-corrected chi connectivity index (χ0v) is 19.9. The van der Waals surface area contributed by atoms with Crippen molar-refractivity contribution in [1.29, 1.82) is 0 Å². The number of aryl methyl sites for hydroxylation is 1. The Morgan fingerprint density at radius 1 is 0.742 bits per heavy atom. The fourth-order valence-electron chi connectivity index (χ4n) is 2.41. The Balaban J connectivity index is 2.28. The lowest BCUT2D eigenvalue weighted by Crippen LogP contribution is -2.33. The van der Waals surface area contributed by atoms with Gasteiger partial charge in [-0.15, -0.1) is 0 Å². The molecular formula is C23H38N2O6. The molecule has 0 aliphatic heterocycles. The molecule has 1 aromatic rings. The summed E-state index contributed by atoms with van der Waals surface area (Å²) in [5.74, 6) is 1.42. The van der Waals surface area contributed by atoms with Gasteiger partial charge in [0.05, 0.1) is 13.2 Å². The van der Waals surface area contributed by atoms with Crippen LogP contribution in [0.1, 0.15) is 59.9 Å². The predicted molar refractivity (Wildman–Crippen MR) is 120 cm³/mol. The van der Waals surface area contributed by atoms with Crippen LogP contribution in [0.15, 0.2) is 18.2 Å². The molecule has 0 aliphatic carbocycles. The van der Waals surface area contributed by atoms with Gasteiger partial charge in [0.2, 0.25) is 0 Å². The van der Waals surface area contributed by atoms with Gasteiger partial charge in [0.1, 0.15) is 22.7 Å². The van der Waals surface area contributed by atoms with Crippen LogP contribution < -0.4 is 20.1 Å². The molecule has 31 heavy (non-hydrogen) atoms. The molecule has 2 N–H and O–H groups in total. The third kappa shape index (κ3) is 14.1. The summed E-state index contributed by atoms with van der Waals surface area (Å²) in [5.41, 5.74) is 0.000528. The number of ether oxygens (including phenoxy) is 4. The summed E-state index contributed by atoms with van der Waals surface area (Å²) in [6, 6.07) is 5.69. The van der Waals surface area contributed by atoms with Crippen molar-refractivity contribution in [2.24, 2.45) is 0 Å². The first-order valence-electron chi connectivity index (χ1n) is 10.6. The monoisotopic (exact) mass is 438 g/mol. The van der Waals surface area contributed by atoms with E-state index in [1.54, 1.807) is 0 Å². The Hall–Kier alpha value is -2.64. The summed E-state index contributed by atoms with van der Waals surface area (Å²) < 4.78 is 21.9. The van der Waals surface area contributed by atoms with E-state index in [0.717, 1.165) is 5.56 Å². The quantitative estimate of drug-likeness (QED) is 0.519. The number of alkyl carbamates (subject to hydrolysis) is 2. The number of nitrogens with one attached hydrogen (secondary N) is 2. The van der Waals surface area contributed by atoms with Crippen molar-refractivity contribution in [3.63, 3.8) is 0 Å². The Bertz CT molecular complexity index is 651. The Labute approximate surface area is 186 Å². The van der Waals surface area contributed by atoms with Gasteiger partial charge < -0.3 is 29.6 Å². The summed E-state index contributed by atoms with van der Waals surface area (Å²) in [4.78, 5) is 23.2. The van der Waals surface area contributed by atoms with E-state index < -0.39 is 23.4 Å². The highest BCUT2D eigenvalue weighted by Crippen LogP contribution is 2.23. The highest BCUT2D eigenvalue weighted by Gasteiger charge is 2.16. The minimum absolute atomic E-state index is 0.431. The van der Waals surface area contributed by atoms with Crippen LogP contribution in [0.3, 0.4) is 0 Å². The molecule has 0 saturated carbocycles. The number of carbonyl (C=O) groups excluding carboxylic acids is 2. The molecule has 176 valence electrons. The third-order valence-electron chi connectivity index (χ3n) is 3.54. The number of benzene rings is 1. The molecular weight excluding hydrogens is 400 g/mol. The van der Waals surface area contributed by atoms with Crippen molar-refractivity contribution in [3.05, 3.63) is 23.8 Å². The maximum Gasteiger partial charge on any atom is 0.407 e. The van der Waals surface area contributed by atoms with E-state index in [1.165, 1.54) is 0 Å². The van der Waals surface area contributed by atoms with Gasteiger partial charge in [0.25, 0.3) is 0 Å². The van der Waals surface area contributed by atoms with E-state index in [2.05, 4.69) is 10.6 Å². The molecule has 8 heteroatoms. The van der Waals surface area contributed by atoms with Crippen LogP contribution in [0.25, 0.3) is 0 Å². The zero-order valence-electron chi connectivity index (χ0n) is 19.9. The maximum atomic E-state index is 11.6. The molecule has 0 atom stereocenters. The van der Waals surface area contributed by atoms with Gasteiger partial charge >= 0.3 is 12.2 Å². The van der Waals surface area contributed by atoms with Gasteiger partial charge in [-0.25, -0.2) is 9.59 Å². The molecule has 0 heterocycles. The highest BCUT2D eigenvalue weighted by atomic mass is 16.6. The van der Waals surface area contributed by atoms with E-state index in [4.69, 9.17) is 18.9 Å². The summed E-state index contributed by atoms with van der Waals surface area (Å²) >= 11 is 0. The van der Waals surface area contributed by atoms with E-state index >= 15 is 0 Å². The standard InChI is InChI=1S/C23H38N2O6/c1-17-14-18(28-12-8-10-24-20(26)30-22(2,3)4)16-19(15-17)29-13-9-11-25-21(27)31-23(5,6)7/h14-16H,8-13H2,1-7H3,(H,24,26)(H,25,27). The lowest BCUT2D eigenvalue weighted by molar-refractivity contribution is 0.0514. The highest BCUT2D eigenvalue weighted by molar-refractivity contribution is 5.67. The van der Waals surface area contributed by atoms with Crippen LogP contribution in [0.5, 0.6) is 11.5 Å². The van der Waals surface area contributed by atoms with Crippen molar-refractivity contribution < 1.29 is 28.5 Å². The van der Waals surface area contributed by atoms with Gasteiger partial charge in [-0.3, -0.25) is 0 Å². The molecule has 0 bridgehead atoms. The number of carbonyl (C=O) groups is 2. The predicted octanol–water partition coefficient (Wildman–Crippen LogP) is 4.58. The van der Waals surface area contributed by atoms with Crippen molar-refractivity contribution in [3.8, 4) is 11.5 Å². The lowest BCUT2D eigenvalue weighted by Gasteiger charge is -2.19. The third-order valence-corrected chi connectivity index (χ3v) is 3.54. The molecule has 0 radical (unpaired) electrons. The minimum atomic E-state index is -0.510. The molecule has 0 aliphatic rings. The van der Waals surface area contributed by atoms with E-state index in [9.17, 15) is 9.59 Å². The fourth-order valence-corrected chi connectivity index (χ4v) is 2.41. The van der Waals surface area contributed by atoms with Crippen LogP contribution in [0, 0.1) is 6.92 Å². The first-order valence-corrected chi connectivity index (χ1v) is 10.6. The lowest BCUT2D eigenvalue weighted by atomic mass is 10.2. The number of amides is 2. The molecule has 0 aromatic heterocycles. The Morgan fingerprint density at radius 2 is 1.13 bits per heavy atom. The van der Waals surface area contributed by atoms with Crippen LogP contribution in [0.2, 0.25) is 0 Å². The maximum absolute atomic E-state index is 11.6. The van der Waals surface area contributed by atoms with Gasteiger partial charge in [-0.05, 0) is 79.0 Å². The molecule has 1 aromatic carbocycles. The van der Waals surface area contributed by atoms with Crippen LogP contribution in [0.4, 0.5) is 9.59 Å². The molecule has 0 saturated heterocycles. The second kappa shape index (κ2) is 12.3. The SMILES string of the molecule is Cc1cc(OCCCNC(=O)OC(C)(C)C)cc(OCCCNC(=O)OC(C)(C)C)c1. The van der Waals surface area contributed by atoms with Gasteiger partial charge in [-0.2, -0.15) is 0 Å². The smallest absolute Gasteiger partial charge is 0.407 e. The van der Waals surface area contributed by atoms with Gasteiger partial charge in [0.15, 0.2) is 0 Å². The normalized spacial score (nSPS) is 11.5. The van der Waals surface area contributed by atoms with Crippen molar-refractivity contribution in [2.45, 2.75) is 72.5 Å². The van der Waals surface area contributed by atoms with Gasteiger partial charge in [0, 0.05) is 19.2 Å². The molecule has 2 amide bonds. The summed E-state index contributed by atoms with van der Waals surface area (Å²) in [6.07, 6.45) is 0.444. The van der Waals surface area contributed by atoms with E-state index in [0.29, 0.717) is 50.6 Å². The molecule has 8 nitrogen and oxygen atoms in total. The average Bonchev–Trinajstić information content (AvgIpc) is 2.57. The first-order chi connectivity index (χ1) is 14.3. The second-order valence-corrected chi connectivity index (χ2v) is 9.24. The van der Waals surface area contributed by atoms with Crippen molar-refractivity contribution >= 4 is 12.2 Å². The largest absolute Gasteiger partial charge is 0.493 e. The number of rotatable bonds is 10. The van der Waals surface area contributed by atoms with Crippen molar-refractivity contribution in [2.75, 3.05) is 26.3 Å².